The van der Waals surface area contributed by atoms with Gasteiger partial charge in [-0.2, -0.15) is 0 Å². The number of thioether (sulfide) groups is 1. The third-order valence-corrected chi connectivity index (χ3v) is 4.87. The minimum absolute atomic E-state index is 0.873. The maximum Gasteiger partial charge on any atom is 0.187 e. The number of rotatable bonds is 3. The van der Waals surface area contributed by atoms with Crippen LogP contribution in [0.3, 0.4) is 0 Å². The molecular formula is C18H18N4S. The monoisotopic (exact) mass is 322 g/mol. The Labute approximate surface area is 140 Å². The fourth-order valence-corrected chi connectivity index (χ4v) is 3.48. The number of benzene rings is 1. The van der Waals surface area contributed by atoms with E-state index >= 15 is 0 Å². The average molecular weight is 322 g/mol. The zero-order chi connectivity index (χ0) is 15.6. The highest BCUT2D eigenvalue weighted by molar-refractivity contribution is 7.98. The maximum atomic E-state index is 4.64. The van der Waals surface area contributed by atoms with E-state index in [4.69, 9.17) is 0 Å². The molecule has 0 saturated heterocycles. The number of hydrogen-bond donors (Lipinski definition) is 0. The molecule has 5 heteroatoms. The van der Waals surface area contributed by atoms with Crippen molar-refractivity contribution >= 4 is 22.7 Å². The van der Waals surface area contributed by atoms with Gasteiger partial charge in [0, 0.05) is 49.4 Å². The van der Waals surface area contributed by atoms with Gasteiger partial charge in [0.15, 0.2) is 5.16 Å². The third-order valence-electron chi connectivity index (χ3n) is 4.31. The van der Waals surface area contributed by atoms with Crippen molar-refractivity contribution < 1.29 is 0 Å². The molecule has 4 nitrogen and oxygen atoms in total. The summed E-state index contributed by atoms with van der Waals surface area (Å²) in [5.41, 5.74) is 4.86. The molecule has 0 unspecified atom stereocenters. The molecule has 1 aliphatic rings. The predicted molar refractivity (Wildman–Crippen MR) is 93.4 cm³/mol. The van der Waals surface area contributed by atoms with Gasteiger partial charge in [0.05, 0.1) is 11.2 Å². The molecule has 0 amide bonds. The van der Waals surface area contributed by atoms with Crippen molar-refractivity contribution in [2.24, 2.45) is 0 Å². The SMILES string of the molecule is CSc1ncc2c(n1)CCN(Cc1ccnc3ccccc13)C2. The molecule has 0 spiro atoms. The van der Waals surface area contributed by atoms with Crippen LogP contribution in [0.5, 0.6) is 0 Å². The van der Waals surface area contributed by atoms with Gasteiger partial charge in [-0.3, -0.25) is 9.88 Å². The van der Waals surface area contributed by atoms with E-state index in [1.165, 1.54) is 22.2 Å². The Morgan fingerprint density at radius 3 is 3.00 bits per heavy atom. The van der Waals surface area contributed by atoms with Gasteiger partial charge < -0.3 is 0 Å². The van der Waals surface area contributed by atoms with Crippen LogP contribution in [0.25, 0.3) is 10.9 Å². The van der Waals surface area contributed by atoms with Gasteiger partial charge in [0.2, 0.25) is 0 Å². The number of nitrogens with zero attached hydrogens (tertiary/aromatic N) is 4. The Morgan fingerprint density at radius 1 is 1.17 bits per heavy atom. The number of fused-ring (bicyclic) bond motifs is 2. The lowest BCUT2D eigenvalue weighted by Crippen LogP contribution is -2.31. The molecule has 0 saturated carbocycles. The van der Waals surface area contributed by atoms with Gasteiger partial charge in [-0.1, -0.05) is 30.0 Å². The summed E-state index contributed by atoms with van der Waals surface area (Å²) in [4.78, 5) is 16.0. The largest absolute Gasteiger partial charge is 0.294 e. The molecule has 4 rings (SSSR count). The Kier molecular flexibility index (Phi) is 3.97. The highest BCUT2D eigenvalue weighted by Crippen LogP contribution is 2.23. The third kappa shape index (κ3) is 2.94. The van der Waals surface area contributed by atoms with Gasteiger partial charge in [0.25, 0.3) is 0 Å². The van der Waals surface area contributed by atoms with Crippen molar-refractivity contribution in [2.75, 3.05) is 12.8 Å². The molecule has 2 aromatic heterocycles. The van der Waals surface area contributed by atoms with Crippen LogP contribution in [-0.2, 0) is 19.5 Å². The summed E-state index contributed by atoms with van der Waals surface area (Å²) in [5.74, 6) is 0. The van der Waals surface area contributed by atoms with Crippen molar-refractivity contribution in [3.05, 3.63) is 59.5 Å². The first-order chi connectivity index (χ1) is 11.3. The Hall–Kier alpha value is -1.98. The van der Waals surface area contributed by atoms with E-state index in [2.05, 4.69) is 44.1 Å². The van der Waals surface area contributed by atoms with E-state index in [1.807, 2.05) is 24.7 Å². The van der Waals surface area contributed by atoms with E-state index in [1.54, 1.807) is 11.8 Å². The molecule has 0 bridgehead atoms. The van der Waals surface area contributed by atoms with Gasteiger partial charge in [-0.15, -0.1) is 0 Å². The summed E-state index contributed by atoms with van der Waals surface area (Å²) in [7, 11) is 0. The number of para-hydroxylation sites is 1. The van der Waals surface area contributed by atoms with E-state index in [0.717, 1.165) is 36.7 Å². The van der Waals surface area contributed by atoms with Crippen molar-refractivity contribution in [2.45, 2.75) is 24.7 Å². The lowest BCUT2D eigenvalue weighted by Gasteiger charge is -2.28. The minimum Gasteiger partial charge on any atom is -0.294 e. The molecule has 1 aliphatic heterocycles. The van der Waals surface area contributed by atoms with Crippen LogP contribution in [0, 0.1) is 0 Å². The summed E-state index contributed by atoms with van der Waals surface area (Å²) in [6.45, 7) is 2.89. The number of hydrogen-bond acceptors (Lipinski definition) is 5. The van der Waals surface area contributed by atoms with E-state index in [-0.39, 0.29) is 0 Å². The van der Waals surface area contributed by atoms with Crippen LogP contribution in [0.4, 0.5) is 0 Å². The molecule has 116 valence electrons. The van der Waals surface area contributed by atoms with Crippen molar-refractivity contribution in [1.82, 2.24) is 19.9 Å². The summed E-state index contributed by atoms with van der Waals surface area (Å²) in [6, 6.07) is 10.5. The molecule has 0 atom stereocenters. The first kappa shape index (κ1) is 14.6. The molecule has 1 aromatic carbocycles. The summed E-state index contributed by atoms with van der Waals surface area (Å²) < 4.78 is 0. The molecule has 0 N–H and O–H groups in total. The van der Waals surface area contributed by atoms with Crippen LogP contribution in [0.1, 0.15) is 16.8 Å². The standard InChI is InChI=1S/C18H18N4S/c1-23-18-20-10-14-12-22(9-7-16(14)21-18)11-13-6-8-19-17-5-3-2-4-15(13)17/h2-6,8,10H,7,9,11-12H2,1H3. The van der Waals surface area contributed by atoms with Crippen LogP contribution >= 0.6 is 11.8 Å². The summed E-state index contributed by atoms with van der Waals surface area (Å²) in [5, 5.41) is 2.12. The van der Waals surface area contributed by atoms with Gasteiger partial charge in [0.1, 0.15) is 0 Å². The normalized spacial score (nSPS) is 14.8. The van der Waals surface area contributed by atoms with Crippen LogP contribution in [0.2, 0.25) is 0 Å². The predicted octanol–water partition coefficient (Wildman–Crippen LogP) is 3.31. The van der Waals surface area contributed by atoms with Crippen LogP contribution < -0.4 is 0 Å². The lowest BCUT2D eigenvalue weighted by atomic mass is 10.0. The average Bonchev–Trinajstić information content (AvgIpc) is 2.61. The second-order valence-corrected chi connectivity index (χ2v) is 6.55. The zero-order valence-corrected chi connectivity index (χ0v) is 13.9. The minimum atomic E-state index is 0.873. The van der Waals surface area contributed by atoms with Gasteiger partial charge in [-0.05, 0) is 24.0 Å². The fourth-order valence-electron chi connectivity index (χ4n) is 3.12. The molecule has 0 radical (unpaired) electrons. The van der Waals surface area contributed by atoms with Crippen molar-refractivity contribution in [1.29, 1.82) is 0 Å². The zero-order valence-electron chi connectivity index (χ0n) is 13.1. The molecule has 0 fully saturated rings. The molecule has 3 aromatic rings. The van der Waals surface area contributed by atoms with Crippen molar-refractivity contribution in [3.63, 3.8) is 0 Å². The quantitative estimate of drug-likeness (QED) is 0.547. The second-order valence-electron chi connectivity index (χ2n) is 5.78. The van der Waals surface area contributed by atoms with E-state index in [9.17, 15) is 0 Å². The Bertz CT molecular complexity index is 844. The molecule has 23 heavy (non-hydrogen) atoms. The number of aromatic nitrogens is 3. The summed E-state index contributed by atoms with van der Waals surface area (Å²) >= 11 is 1.60. The van der Waals surface area contributed by atoms with Crippen molar-refractivity contribution in [3.8, 4) is 0 Å². The first-order valence-corrected chi connectivity index (χ1v) is 9.00. The highest BCUT2D eigenvalue weighted by atomic mass is 32.2. The van der Waals surface area contributed by atoms with Gasteiger partial charge >= 0.3 is 0 Å². The summed E-state index contributed by atoms with van der Waals surface area (Å²) in [6.07, 6.45) is 6.91. The maximum absolute atomic E-state index is 4.64. The highest BCUT2D eigenvalue weighted by Gasteiger charge is 2.19. The topological polar surface area (TPSA) is 41.9 Å². The molecule has 0 aliphatic carbocycles. The smallest absolute Gasteiger partial charge is 0.187 e. The molecule has 3 heterocycles. The Balaban J connectivity index is 1.58. The lowest BCUT2D eigenvalue weighted by molar-refractivity contribution is 0.243. The van der Waals surface area contributed by atoms with Gasteiger partial charge in [-0.25, -0.2) is 9.97 Å². The van der Waals surface area contributed by atoms with Crippen LogP contribution in [-0.4, -0.2) is 32.7 Å². The Morgan fingerprint density at radius 2 is 2.09 bits per heavy atom. The van der Waals surface area contributed by atoms with E-state index in [0.29, 0.717) is 0 Å². The first-order valence-electron chi connectivity index (χ1n) is 7.77. The number of pyridine rings is 1. The fraction of sp³-hybridized carbons (Fsp3) is 0.278. The van der Waals surface area contributed by atoms with Crippen LogP contribution in [0.15, 0.2) is 47.9 Å². The second kappa shape index (κ2) is 6.26. The van der Waals surface area contributed by atoms with E-state index < -0.39 is 0 Å². The molecular weight excluding hydrogens is 304 g/mol.